The van der Waals surface area contributed by atoms with Crippen molar-refractivity contribution in [2.45, 2.75) is 6.10 Å². The third-order valence-electron chi connectivity index (χ3n) is 4.79. The van der Waals surface area contributed by atoms with Crippen molar-refractivity contribution in [1.82, 2.24) is 4.90 Å². The van der Waals surface area contributed by atoms with Crippen LogP contribution in [0, 0.1) is 12.3 Å². The van der Waals surface area contributed by atoms with Gasteiger partial charge in [0.05, 0.1) is 19.3 Å². The van der Waals surface area contributed by atoms with Crippen LogP contribution in [0.2, 0.25) is 0 Å². The van der Waals surface area contributed by atoms with E-state index in [-0.39, 0.29) is 6.10 Å². The number of morpholine rings is 1. The van der Waals surface area contributed by atoms with E-state index in [9.17, 15) is 0 Å². The summed E-state index contributed by atoms with van der Waals surface area (Å²) >= 11 is 0. The number of nitrogens with zero attached hydrogens (tertiary/aromatic N) is 1. The molecule has 2 aromatic carbocycles. The Balaban J connectivity index is 1.78. The van der Waals surface area contributed by atoms with E-state index in [1.807, 2.05) is 0 Å². The average Bonchev–Trinajstić information content (AvgIpc) is 2.80. The lowest BCUT2D eigenvalue weighted by molar-refractivity contribution is 0.00224. The standard InChI is InChI=1S/C23H21NO/c1-2-13-24-14-15-25-20(17-24)16-23-21-9-5-3-7-18(21)11-12-19-8-4-6-10-22(19)23/h1,3-12,16,20H,13-15,17H2. The molecule has 1 aliphatic heterocycles. The molecule has 0 aromatic heterocycles. The second kappa shape index (κ2) is 7.11. The third-order valence-corrected chi connectivity index (χ3v) is 4.79. The van der Waals surface area contributed by atoms with Gasteiger partial charge in [-0.1, -0.05) is 66.6 Å². The summed E-state index contributed by atoms with van der Waals surface area (Å²) in [5, 5.41) is 0. The fourth-order valence-electron chi connectivity index (χ4n) is 3.57. The molecule has 2 heteroatoms. The van der Waals surface area contributed by atoms with E-state index < -0.39 is 0 Å². The SMILES string of the molecule is C#CCN1CCOC(C=C2c3ccccc3C=Cc3ccccc32)C1. The molecular formula is C23H21NO. The Hall–Kier alpha value is -2.60. The molecule has 1 heterocycles. The number of hydrogen-bond donors (Lipinski definition) is 0. The van der Waals surface area contributed by atoms with Crippen molar-refractivity contribution < 1.29 is 4.74 Å². The van der Waals surface area contributed by atoms with Gasteiger partial charge >= 0.3 is 0 Å². The van der Waals surface area contributed by atoms with Crippen LogP contribution >= 0.6 is 0 Å². The zero-order valence-corrected chi connectivity index (χ0v) is 14.2. The van der Waals surface area contributed by atoms with Gasteiger partial charge in [0, 0.05) is 13.1 Å². The fourth-order valence-corrected chi connectivity index (χ4v) is 3.57. The van der Waals surface area contributed by atoms with Crippen LogP contribution < -0.4 is 0 Å². The van der Waals surface area contributed by atoms with Gasteiger partial charge in [0.1, 0.15) is 0 Å². The monoisotopic (exact) mass is 327 g/mol. The molecule has 25 heavy (non-hydrogen) atoms. The highest BCUT2D eigenvalue weighted by atomic mass is 16.5. The molecule has 0 saturated carbocycles. The molecular weight excluding hydrogens is 306 g/mol. The van der Waals surface area contributed by atoms with Crippen LogP contribution in [0.15, 0.2) is 54.6 Å². The lowest BCUT2D eigenvalue weighted by Crippen LogP contribution is -2.41. The first-order valence-electron chi connectivity index (χ1n) is 8.71. The van der Waals surface area contributed by atoms with Crippen LogP contribution in [0.25, 0.3) is 17.7 Å². The molecule has 2 aromatic rings. The highest BCUT2D eigenvalue weighted by molar-refractivity contribution is 5.93. The molecule has 124 valence electrons. The van der Waals surface area contributed by atoms with Crippen molar-refractivity contribution in [3.8, 4) is 12.3 Å². The van der Waals surface area contributed by atoms with E-state index in [0.29, 0.717) is 6.54 Å². The Kier molecular flexibility index (Phi) is 4.52. The van der Waals surface area contributed by atoms with Gasteiger partial charge in [0.25, 0.3) is 0 Å². The Labute approximate surface area is 149 Å². The van der Waals surface area contributed by atoms with Crippen molar-refractivity contribution in [3.05, 3.63) is 76.9 Å². The highest BCUT2D eigenvalue weighted by Gasteiger charge is 2.21. The first-order valence-corrected chi connectivity index (χ1v) is 8.71. The number of benzene rings is 2. The molecule has 0 bridgehead atoms. The fraction of sp³-hybridized carbons (Fsp3) is 0.217. The predicted octanol–water partition coefficient (Wildman–Crippen LogP) is 3.94. The first kappa shape index (κ1) is 15.9. The van der Waals surface area contributed by atoms with Crippen LogP contribution in [0.3, 0.4) is 0 Å². The van der Waals surface area contributed by atoms with Crippen molar-refractivity contribution in [1.29, 1.82) is 0 Å². The van der Waals surface area contributed by atoms with E-state index in [1.165, 1.54) is 27.8 Å². The lowest BCUT2D eigenvalue weighted by atomic mass is 9.92. The maximum absolute atomic E-state index is 6.02. The molecule has 0 amide bonds. The lowest BCUT2D eigenvalue weighted by Gasteiger charge is -2.30. The molecule has 0 N–H and O–H groups in total. The first-order chi connectivity index (χ1) is 12.3. The quantitative estimate of drug-likeness (QED) is 0.661. The number of fused-ring (bicyclic) bond motifs is 2. The Morgan fingerprint density at radius 2 is 1.68 bits per heavy atom. The topological polar surface area (TPSA) is 12.5 Å². The average molecular weight is 327 g/mol. The summed E-state index contributed by atoms with van der Waals surface area (Å²) in [6.07, 6.45) is 12.2. The minimum atomic E-state index is 0.0521. The van der Waals surface area contributed by atoms with Crippen LogP contribution in [-0.4, -0.2) is 37.2 Å². The summed E-state index contributed by atoms with van der Waals surface area (Å²) in [6.45, 7) is 3.14. The second-order valence-corrected chi connectivity index (χ2v) is 6.44. The van der Waals surface area contributed by atoms with E-state index in [4.69, 9.17) is 11.2 Å². The van der Waals surface area contributed by atoms with E-state index in [0.717, 1.165) is 19.7 Å². The summed E-state index contributed by atoms with van der Waals surface area (Å²) < 4.78 is 6.02. The molecule has 0 radical (unpaired) electrons. The van der Waals surface area contributed by atoms with Gasteiger partial charge < -0.3 is 4.74 Å². The maximum atomic E-state index is 6.02. The highest BCUT2D eigenvalue weighted by Crippen LogP contribution is 2.34. The molecule has 2 aliphatic rings. The number of terminal acetylenes is 1. The molecule has 2 nitrogen and oxygen atoms in total. The minimum absolute atomic E-state index is 0.0521. The Morgan fingerprint density at radius 1 is 1.04 bits per heavy atom. The van der Waals surface area contributed by atoms with Crippen LogP contribution in [-0.2, 0) is 4.74 Å². The van der Waals surface area contributed by atoms with Gasteiger partial charge in [-0.3, -0.25) is 4.90 Å². The third kappa shape index (κ3) is 3.30. The summed E-state index contributed by atoms with van der Waals surface area (Å²) in [5.74, 6) is 2.74. The van der Waals surface area contributed by atoms with Crippen molar-refractivity contribution in [2.24, 2.45) is 0 Å². The van der Waals surface area contributed by atoms with Crippen molar-refractivity contribution in [3.63, 3.8) is 0 Å². The van der Waals surface area contributed by atoms with Crippen molar-refractivity contribution >= 4 is 17.7 Å². The largest absolute Gasteiger partial charge is 0.371 e. The number of hydrogen-bond acceptors (Lipinski definition) is 2. The van der Waals surface area contributed by atoms with E-state index in [2.05, 4.69) is 77.6 Å². The predicted molar refractivity (Wildman–Crippen MR) is 104 cm³/mol. The molecule has 1 aliphatic carbocycles. The van der Waals surface area contributed by atoms with Gasteiger partial charge in [0.2, 0.25) is 0 Å². The second-order valence-electron chi connectivity index (χ2n) is 6.44. The molecule has 1 atom stereocenters. The zero-order chi connectivity index (χ0) is 17.1. The number of ether oxygens (including phenoxy) is 1. The van der Waals surface area contributed by atoms with Gasteiger partial charge in [-0.2, -0.15) is 0 Å². The summed E-state index contributed by atoms with van der Waals surface area (Å²) in [5.41, 5.74) is 6.22. The molecule has 0 spiro atoms. The maximum Gasteiger partial charge on any atom is 0.0892 e. The Bertz CT molecular complexity index is 820. The smallest absolute Gasteiger partial charge is 0.0892 e. The van der Waals surface area contributed by atoms with Crippen LogP contribution in [0.1, 0.15) is 22.3 Å². The van der Waals surface area contributed by atoms with Crippen LogP contribution in [0.4, 0.5) is 0 Å². The molecule has 4 rings (SSSR count). The van der Waals surface area contributed by atoms with Crippen LogP contribution in [0.5, 0.6) is 0 Å². The van der Waals surface area contributed by atoms with Gasteiger partial charge in [-0.05, 0) is 33.9 Å². The van der Waals surface area contributed by atoms with E-state index in [1.54, 1.807) is 0 Å². The summed E-state index contributed by atoms with van der Waals surface area (Å²) in [4.78, 5) is 2.28. The summed E-state index contributed by atoms with van der Waals surface area (Å²) in [7, 11) is 0. The zero-order valence-electron chi connectivity index (χ0n) is 14.2. The normalized spacial score (nSPS) is 19.5. The molecule has 1 unspecified atom stereocenters. The van der Waals surface area contributed by atoms with Crippen molar-refractivity contribution in [2.75, 3.05) is 26.2 Å². The molecule has 1 fully saturated rings. The number of rotatable bonds is 2. The summed E-state index contributed by atoms with van der Waals surface area (Å²) in [6, 6.07) is 17.1. The Morgan fingerprint density at radius 3 is 2.32 bits per heavy atom. The van der Waals surface area contributed by atoms with E-state index >= 15 is 0 Å². The van der Waals surface area contributed by atoms with Gasteiger partial charge in [-0.25, -0.2) is 0 Å². The molecule has 1 saturated heterocycles. The minimum Gasteiger partial charge on any atom is -0.371 e. The van der Waals surface area contributed by atoms with Gasteiger partial charge in [-0.15, -0.1) is 6.42 Å². The van der Waals surface area contributed by atoms with Gasteiger partial charge in [0.15, 0.2) is 0 Å².